The minimum atomic E-state index is 0.129. The Morgan fingerprint density at radius 1 is 1.43 bits per heavy atom. The minimum Gasteiger partial charge on any atom is -0.492 e. The van der Waals surface area contributed by atoms with E-state index in [4.69, 9.17) is 4.74 Å². The molecule has 0 saturated carbocycles. The van der Waals surface area contributed by atoms with Gasteiger partial charge in [-0.1, -0.05) is 0 Å². The zero-order valence-corrected chi connectivity index (χ0v) is 13.6. The van der Waals surface area contributed by atoms with Crippen molar-refractivity contribution in [2.24, 2.45) is 5.92 Å². The fourth-order valence-electron chi connectivity index (χ4n) is 2.64. The predicted molar refractivity (Wildman–Crippen MR) is 86.9 cm³/mol. The molecule has 0 bridgehead atoms. The van der Waals surface area contributed by atoms with Crippen LogP contribution < -0.4 is 10.1 Å². The van der Waals surface area contributed by atoms with Crippen molar-refractivity contribution in [1.82, 2.24) is 10.2 Å². The lowest BCUT2D eigenvalue weighted by Gasteiger charge is -2.31. The first-order valence-corrected chi connectivity index (χ1v) is 8.66. The Balaban J connectivity index is 1.73. The summed E-state index contributed by atoms with van der Waals surface area (Å²) in [6, 6.07) is 8.16. The maximum atomic E-state index is 11.7. The molecule has 21 heavy (non-hydrogen) atoms. The van der Waals surface area contributed by atoms with Crippen LogP contribution >= 0.6 is 11.8 Å². The largest absolute Gasteiger partial charge is 0.492 e. The quantitative estimate of drug-likeness (QED) is 0.819. The fraction of sp³-hybridized carbons (Fsp3) is 0.562. The third kappa shape index (κ3) is 4.93. The molecule has 1 heterocycles. The molecule has 1 atom stereocenters. The van der Waals surface area contributed by atoms with Crippen molar-refractivity contribution in [3.63, 3.8) is 0 Å². The highest BCUT2D eigenvalue weighted by molar-refractivity contribution is 7.98. The van der Waals surface area contributed by atoms with E-state index in [2.05, 4.69) is 28.6 Å². The summed E-state index contributed by atoms with van der Waals surface area (Å²) >= 11 is 1.73. The smallest absolute Gasteiger partial charge is 0.224 e. The van der Waals surface area contributed by atoms with Crippen LogP contribution in [0.2, 0.25) is 0 Å². The average molecular weight is 308 g/mol. The van der Waals surface area contributed by atoms with E-state index in [0.717, 1.165) is 38.2 Å². The van der Waals surface area contributed by atoms with Crippen molar-refractivity contribution >= 4 is 17.7 Å². The van der Waals surface area contributed by atoms with Gasteiger partial charge in [0.15, 0.2) is 0 Å². The molecule has 1 aliphatic heterocycles. The predicted octanol–water partition coefficient (Wildman–Crippen LogP) is 2.25. The number of amides is 1. The Kier molecular flexibility index (Phi) is 6.39. The summed E-state index contributed by atoms with van der Waals surface area (Å²) in [7, 11) is 1.71. The van der Waals surface area contributed by atoms with E-state index in [-0.39, 0.29) is 11.8 Å². The molecule has 1 aromatic carbocycles. The van der Waals surface area contributed by atoms with Gasteiger partial charge in [-0.2, -0.15) is 0 Å². The molecule has 2 rings (SSSR count). The average Bonchev–Trinajstić information content (AvgIpc) is 2.55. The molecule has 1 N–H and O–H groups in total. The lowest BCUT2D eigenvalue weighted by atomic mass is 9.97. The van der Waals surface area contributed by atoms with Crippen LogP contribution in [0.1, 0.15) is 12.8 Å². The number of piperidine rings is 1. The molecule has 0 radical (unpaired) electrons. The molecule has 1 aromatic rings. The summed E-state index contributed by atoms with van der Waals surface area (Å²) in [5, 5.41) is 2.75. The van der Waals surface area contributed by atoms with E-state index >= 15 is 0 Å². The summed E-state index contributed by atoms with van der Waals surface area (Å²) in [5.41, 5.74) is 0. The molecular formula is C16H24N2O2S. The van der Waals surface area contributed by atoms with Crippen molar-refractivity contribution < 1.29 is 9.53 Å². The molecule has 5 heteroatoms. The van der Waals surface area contributed by atoms with Crippen LogP contribution in [0.15, 0.2) is 29.2 Å². The van der Waals surface area contributed by atoms with Gasteiger partial charge in [-0.25, -0.2) is 0 Å². The van der Waals surface area contributed by atoms with Crippen LogP contribution in [0, 0.1) is 5.92 Å². The van der Waals surface area contributed by atoms with Gasteiger partial charge in [0, 0.05) is 25.0 Å². The molecule has 1 unspecified atom stereocenters. The second-order valence-corrected chi connectivity index (χ2v) is 6.16. The number of nitrogens with zero attached hydrogens (tertiary/aromatic N) is 1. The highest BCUT2D eigenvalue weighted by Crippen LogP contribution is 2.19. The van der Waals surface area contributed by atoms with E-state index in [9.17, 15) is 4.79 Å². The first-order chi connectivity index (χ1) is 10.2. The lowest BCUT2D eigenvalue weighted by Crippen LogP contribution is -2.43. The normalized spacial score (nSPS) is 19.2. The van der Waals surface area contributed by atoms with Gasteiger partial charge in [-0.05, 0) is 49.9 Å². The van der Waals surface area contributed by atoms with Crippen LogP contribution in [0.3, 0.4) is 0 Å². The molecule has 116 valence electrons. The van der Waals surface area contributed by atoms with Gasteiger partial charge < -0.3 is 10.1 Å². The summed E-state index contributed by atoms with van der Waals surface area (Å²) in [4.78, 5) is 15.3. The number of benzene rings is 1. The third-order valence-electron chi connectivity index (χ3n) is 3.86. The highest BCUT2D eigenvalue weighted by Gasteiger charge is 2.24. The van der Waals surface area contributed by atoms with Gasteiger partial charge in [0.25, 0.3) is 0 Å². The number of hydrogen-bond donors (Lipinski definition) is 1. The molecule has 4 nitrogen and oxygen atoms in total. The van der Waals surface area contributed by atoms with Crippen LogP contribution in [0.5, 0.6) is 5.75 Å². The van der Waals surface area contributed by atoms with Crippen LogP contribution in [0.4, 0.5) is 0 Å². The third-order valence-corrected chi connectivity index (χ3v) is 4.60. The number of hydrogen-bond acceptors (Lipinski definition) is 4. The Bertz CT molecular complexity index is 450. The Labute approximate surface area is 131 Å². The molecule has 0 aliphatic carbocycles. The van der Waals surface area contributed by atoms with Crippen LogP contribution in [-0.2, 0) is 4.79 Å². The second kappa shape index (κ2) is 8.29. The number of ether oxygens (including phenoxy) is 1. The first-order valence-electron chi connectivity index (χ1n) is 7.43. The van der Waals surface area contributed by atoms with Crippen molar-refractivity contribution in [2.75, 3.05) is 39.5 Å². The van der Waals surface area contributed by atoms with Crippen LogP contribution in [0.25, 0.3) is 0 Å². The zero-order chi connectivity index (χ0) is 15.1. The van der Waals surface area contributed by atoms with E-state index in [1.807, 2.05) is 12.1 Å². The van der Waals surface area contributed by atoms with E-state index in [0.29, 0.717) is 6.61 Å². The van der Waals surface area contributed by atoms with Crippen molar-refractivity contribution in [3.8, 4) is 5.75 Å². The zero-order valence-electron chi connectivity index (χ0n) is 12.8. The summed E-state index contributed by atoms with van der Waals surface area (Å²) in [6.45, 7) is 3.44. The molecule has 1 amide bonds. The monoisotopic (exact) mass is 308 g/mol. The van der Waals surface area contributed by atoms with Gasteiger partial charge in [0.1, 0.15) is 12.4 Å². The maximum absolute atomic E-state index is 11.7. The maximum Gasteiger partial charge on any atom is 0.224 e. The topological polar surface area (TPSA) is 41.6 Å². The van der Waals surface area contributed by atoms with Gasteiger partial charge >= 0.3 is 0 Å². The summed E-state index contributed by atoms with van der Waals surface area (Å²) in [5.74, 6) is 1.20. The van der Waals surface area contributed by atoms with Crippen molar-refractivity contribution in [1.29, 1.82) is 0 Å². The molecule has 0 spiro atoms. The fourth-order valence-corrected chi connectivity index (χ4v) is 3.05. The number of nitrogens with one attached hydrogen (secondary N) is 1. The van der Waals surface area contributed by atoms with E-state index < -0.39 is 0 Å². The highest BCUT2D eigenvalue weighted by atomic mass is 32.2. The van der Waals surface area contributed by atoms with Crippen molar-refractivity contribution in [3.05, 3.63) is 24.3 Å². The SMILES string of the molecule is CNC(=O)C1CCCN(CCOc2ccc(SC)cc2)C1. The molecule has 1 fully saturated rings. The van der Waals surface area contributed by atoms with Gasteiger partial charge in [-0.3, -0.25) is 9.69 Å². The van der Waals surface area contributed by atoms with E-state index in [1.54, 1.807) is 18.8 Å². The lowest BCUT2D eigenvalue weighted by molar-refractivity contribution is -0.126. The molecule has 1 saturated heterocycles. The van der Waals surface area contributed by atoms with Gasteiger partial charge in [-0.15, -0.1) is 11.8 Å². The Morgan fingerprint density at radius 2 is 2.19 bits per heavy atom. The number of carbonyl (C=O) groups is 1. The number of likely N-dealkylation sites (tertiary alicyclic amines) is 1. The molecule has 1 aliphatic rings. The summed E-state index contributed by atoms with van der Waals surface area (Å²) < 4.78 is 5.78. The van der Waals surface area contributed by atoms with E-state index in [1.165, 1.54) is 4.90 Å². The number of rotatable bonds is 6. The Morgan fingerprint density at radius 3 is 2.86 bits per heavy atom. The van der Waals surface area contributed by atoms with Crippen LogP contribution in [-0.4, -0.2) is 50.4 Å². The molecular weight excluding hydrogens is 284 g/mol. The Hall–Kier alpha value is -1.20. The molecule has 0 aromatic heterocycles. The van der Waals surface area contributed by atoms with Gasteiger partial charge in [0.2, 0.25) is 5.91 Å². The van der Waals surface area contributed by atoms with Gasteiger partial charge in [0.05, 0.1) is 5.92 Å². The standard InChI is InChI=1S/C16H24N2O2S/c1-17-16(19)13-4-3-9-18(12-13)10-11-20-14-5-7-15(21-2)8-6-14/h5-8,13H,3-4,9-12H2,1-2H3,(H,17,19). The number of carbonyl (C=O) groups excluding carboxylic acids is 1. The first kappa shape index (κ1) is 16.2. The van der Waals surface area contributed by atoms with Crippen molar-refractivity contribution in [2.45, 2.75) is 17.7 Å². The minimum absolute atomic E-state index is 0.129. The number of thioether (sulfide) groups is 1. The summed E-state index contributed by atoms with van der Waals surface area (Å²) in [6.07, 6.45) is 4.14. The second-order valence-electron chi connectivity index (χ2n) is 5.28.